The van der Waals surface area contributed by atoms with Gasteiger partial charge in [0.05, 0.1) is 0 Å². The first-order valence-electron chi connectivity index (χ1n) is 5.64. The Morgan fingerprint density at radius 2 is 2.22 bits per heavy atom. The van der Waals surface area contributed by atoms with Gasteiger partial charge in [0.25, 0.3) is 0 Å². The zero-order chi connectivity index (χ0) is 13.4. The lowest BCUT2D eigenvalue weighted by Crippen LogP contribution is -2.33. The van der Waals surface area contributed by atoms with Crippen LogP contribution in [-0.4, -0.2) is 36.0 Å². The molecule has 1 aliphatic rings. The van der Waals surface area contributed by atoms with Gasteiger partial charge in [-0.2, -0.15) is 22.5 Å². The van der Waals surface area contributed by atoms with E-state index in [-0.39, 0.29) is 5.41 Å². The molecular weight excluding hydrogens is 265 g/mol. The number of nitrogens with one attached hydrogen (secondary N) is 1. The van der Waals surface area contributed by atoms with Crippen molar-refractivity contribution in [3.8, 4) is 0 Å². The Morgan fingerprint density at radius 1 is 1.50 bits per heavy atom. The van der Waals surface area contributed by atoms with Crippen LogP contribution in [0.4, 0.5) is 18.3 Å². The van der Waals surface area contributed by atoms with Crippen molar-refractivity contribution in [2.75, 3.05) is 31.6 Å². The van der Waals surface area contributed by atoms with Gasteiger partial charge in [-0.25, -0.2) is 0 Å². The predicted molar refractivity (Wildman–Crippen MR) is 63.8 cm³/mol. The van der Waals surface area contributed by atoms with Crippen LogP contribution in [0.3, 0.4) is 0 Å². The maximum Gasteiger partial charge on any atom is 0.452 e. The summed E-state index contributed by atoms with van der Waals surface area (Å²) in [6.45, 7) is 4.40. The van der Waals surface area contributed by atoms with Crippen molar-refractivity contribution in [3.05, 3.63) is 5.82 Å². The highest BCUT2D eigenvalue weighted by Gasteiger charge is 2.39. The van der Waals surface area contributed by atoms with E-state index in [1.807, 2.05) is 11.9 Å². The van der Waals surface area contributed by atoms with Crippen LogP contribution in [0.25, 0.3) is 0 Å². The normalized spacial score (nSPS) is 24.8. The second-order valence-electron chi connectivity index (χ2n) is 4.91. The summed E-state index contributed by atoms with van der Waals surface area (Å²) >= 11 is 0.817. The lowest BCUT2D eigenvalue weighted by Gasteiger charge is -2.23. The molecule has 0 saturated carbocycles. The third-order valence-corrected chi connectivity index (χ3v) is 3.88. The van der Waals surface area contributed by atoms with E-state index < -0.39 is 12.0 Å². The maximum absolute atomic E-state index is 12.4. The van der Waals surface area contributed by atoms with Crippen molar-refractivity contribution < 1.29 is 13.2 Å². The quantitative estimate of drug-likeness (QED) is 0.919. The van der Waals surface area contributed by atoms with Crippen LogP contribution < -0.4 is 10.2 Å². The van der Waals surface area contributed by atoms with E-state index in [1.165, 1.54) is 0 Å². The van der Waals surface area contributed by atoms with Gasteiger partial charge < -0.3 is 10.2 Å². The standard InChI is InChI=1S/C10H15F3N4S/c1-9(5-14-2)3-4-17(6-9)8-15-7(16-18-8)10(11,12)13/h14H,3-6H2,1-2H3. The SMILES string of the molecule is CNCC1(C)CCN(c2nc(C(F)(F)F)ns2)C1. The van der Waals surface area contributed by atoms with E-state index in [0.717, 1.165) is 31.0 Å². The van der Waals surface area contributed by atoms with E-state index in [4.69, 9.17) is 0 Å². The fourth-order valence-electron chi connectivity index (χ4n) is 2.22. The highest BCUT2D eigenvalue weighted by Crippen LogP contribution is 2.35. The van der Waals surface area contributed by atoms with Crippen LogP contribution >= 0.6 is 11.5 Å². The van der Waals surface area contributed by atoms with Crippen LogP contribution in [0, 0.1) is 5.41 Å². The number of alkyl halides is 3. The van der Waals surface area contributed by atoms with E-state index >= 15 is 0 Å². The summed E-state index contributed by atoms with van der Waals surface area (Å²) in [6.07, 6.45) is -3.52. The Kier molecular flexibility index (Phi) is 3.50. The van der Waals surface area contributed by atoms with Gasteiger partial charge in [0.2, 0.25) is 11.0 Å². The number of rotatable bonds is 3. The first kappa shape index (κ1) is 13.5. The third-order valence-electron chi connectivity index (χ3n) is 3.10. The lowest BCUT2D eigenvalue weighted by molar-refractivity contribution is -0.144. The van der Waals surface area contributed by atoms with Crippen LogP contribution in [0.15, 0.2) is 0 Å². The van der Waals surface area contributed by atoms with Gasteiger partial charge in [-0.3, -0.25) is 0 Å². The van der Waals surface area contributed by atoms with E-state index in [2.05, 4.69) is 21.6 Å². The van der Waals surface area contributed by atoms with Crippen LogP contribution in [0.2, 0.25) is 0 Å². The number of anilines is 1. The Labute approximate surface area is 107 Å². The molecule has 0 radical (unpaired) electrons. The molecule has 4 nitrogen and oxygen atoms in total. The fraction of sp³-hybridized carbons (Fsp3) is 0.800. The molecule has 18 heavy (non-hydrogen) atoms. The molecule has 0 aliphatic carbocycles. The van der Waals surface area contributed by atoms with Gasteiger partial charge in [0.1, 0.15) is 0 Å². The predicted octanol–water partition coefficient (Wildman–Crippen LogP) is 1.99. The zero-order valence-electron chi connectivity index (χ0n) is 10.2. The summed E-state index contributed by atoms with van der Waals surface area (Å²) in [7, 11) is 1.88. The van der Waals surface area contributed by atoms with Crippen LogP contribution in [0.5, 0.6) is 0 Å². The average Bonchev–Trinajstić information content (AvgIpc) is 2.83. The molecule has 1 aromatic heterocycles. The summed E-state index contributed by atoms with van der Waals surface area (Å²) in [5.74, 6) is -1.04. The molecule has 8 heteroatoms. The largest absolute Gasteiger partial charge is 0.452 e. The molecule has 1 aliphatic heterocycles. The molecular formula is C10H15F3N4S. The molecule has 0 spiro atoms. The van der Waals surface area contributed by atoms with Crippen molar-refractivity contribution in [1.82, 2.24) is 14.7 Å². The molecule has 2 heterocycles. The van der Waals surface area contributed by atoms with Gasteiger partial charge in [-0.05, 0) is 18.9 Å². The molecule has 102 valence electrons. The van der Waals surface area contributed by atoms with Gasteiger partial charge >= 0.3 is 6.18 Å². The topological polar surface area (TPSA) is 41.0 Å². The van der Waals surface area contributed by atoms with Gasteiger partial charge in [0, 0.05) is 31.2 Å². The molecule has 1 atom stereocenters. The van der Waals surface area contributed by atoms with Crippen molar-refractivity contribution >= 4 is 16.7 Å². The van der Waals surface area contributed by atoms with Gasteiger partial charge in [-0.1, -0.05) is 6.92 Å². The summed E-state index contributed by atoms with van der Waals surface area (Å²) < 4.78 is 40.6. The Balaban J connectivity index is 2.08. The number of halogens is 3. The Bertz CT molecular complexity index is 420. The average molecular weight is 280 g/mol. The zero-order valence-corrected chi connectivity index (χ0v) is 11.0. The smallest absolute Gasteiger partial charge is 0.346 e. The summed E-state index contributed by atoms with van der Waals surface area (Å²) in [6, 6.07) is 0. The van der Waals surface area contributed by atoms with Crippen molar-refractivity contribution in [2.45, 2.75) is 19.5 Å². The first-order valence-corrected chi connectivity index (χ1v) is 6.42. The molecule has 0 amide bonds. The minimum atomic E-state index is -4.46. The molecule has 0 aromatic carbocycles. The van der Waals surface area contributed by atoms with Gasteiger partial charge in [-0.15, -0.1) is 0 Å². The Morgan fingerprint density at radius 3 is 2.78 bits per heavy atom. The number of hydrogen-bond acceptors (Lipinski definition) is 5. The molecule has 1 fully saturated rings. The monoisotopic (exact) mass is 280 g/mol. The summed E-state index contributed by atoms with van der Waals surface area (Å²) in [5, 5.41) is 3.48. The summed E-state index contributed by atoms with van der Waals surface area (Å²) in [5.41, 5.74) is 0.0822. The highest BCUT2D eigenvalue weighted by molar-refractivity contribution is 7.09. The van der Waals surface area contributed by atoms with Crippen molar-refractivity contribution in [2.24, 2.45) is 5.41 Å². The molecule has 2 rings (SSSR count). The first-order chi connectivity index (χ1) is 8.34. The fourth-order valence-corrected chi connectivity index (χ4v) is 2.93. The van der Waals surface area contributed by atoms with Gasteiger partial charge in [0.15, 0.2) is 0 Å². The number of aromatic nitrogens is 2. The second-order valence-corrected chi connectivity index (χ2v) is 5.64. The highest BCUT2D eigenvalue weighted by atomic mass is 32.1. The second kappa shape index (κ2) is 4.65. The number of hydrogen-bond donors (Lipinski definition) is 1. The third kappa shape index (κ3) is 2.74. The molecule has 1 unspecified atom stereocenters. The van der Waals surface area contributed by atoms with E-state index in [1.54, 1.807) is 0 Å². The van der Waals surface area contributed by atoms with E-state index in [9.17, 15) is 13.2 Å². The maximum atomic E-state index is 12.4. The Hall–Kier alpha value is -0.890. The van der Waals surface area contributed by atoms with Crippen LogP contribution in [-0.2, 0) is 6.18 Å². The molecule has 1 saturated heterocycles. The van der Waals surface area contributed by atoms with E-state index in [0.29, 0.717) is 11.7 Å². The number of nitrogens with zero attached hydrogens (tertiary/aromatic N) is 3. The van der Waals surface area contributed by atoms with Crippen LogP contribution in [0.1, 0.15) is 19.2 Å². The van der Waals surface area contributed by atoms with Crippen molar-refractivity contribution in [1.29, 1.82) is 0 Å². The molecule has 0 bridgehead atoms. The summed E-state index contributed by atoms with van der Waals surface area (Å²) in [4.78, 5) is 5.46. The lowest BCUT2D eigenvalue weighted by atomic mass is 9.90. The molecule has 1 N–H and O–H groups in total. The minimum Gasteiger partial charge on any atom is -0.346 e. The molecule has 1 aromatic rings. The van der Waals surface area contributed by atoms with Crippen molar-refractivity contribution in [3.63, 3.8) is 0 Å². The minimum absolute atomic E-state index is 0.0822.